The normalized spacial score (nSPS) is 12.0. The standard InChI is InChI=1S/C15H22N2O3/c1-11(2)8-13(10-18)17-14(19)9-16-15(20)12-6-4-3-5-7-12/h3-7,11,13,18H,8-10H2,1-2H3,(H,16,20)(H,17,19). The smallest absolute Gasteiger partial charge is 0.251 e. The highest BCUT2D eigenvalue weighted by Gasteiger charge is 2.13. The number of aliphatic hydroxyl groups excluding tert-OH is 1. The molecule has 1 rings (SSSR count). The lowest BCUT2D eigenvalue weighted by Gasteiger charge is -2.18. The number of hydrogen-bond donors (Lipinski definition) is 3. The average Bonchev–Trinajstić information content (AvgIpc) is 2.44. The van der Waals surface area contributed by atoms with Crippen molar-refractivity contribution in [1.82, 2.24) is 10.6 Å². The van der Waals surface area contributed by atoms with Gasteiger partial charge in [0.2, 0.25) is 5.91 Å². The van der Waals surface area contributed by atoms with Crippen molar-refractivity contribution in [3.05, 3.63) is 35.9 Å². The van der Waals surface area contributed by atoms with Gasteiger partial charge in [-0.25, -0.2) is 0 Å². The number of nitrogens with one attached hydrogen (secondary N) is 2. The summed E-state index contributed by atoms with van der Waals surface area (Å²) in [4.78, 5) is 23.4. The van der Waals surface area contributed by atoms with E-state index in [4.69, 9.17) is 0 Å². The van der Waals surface area contributed by atoms with Crippen LogP contribution in [0.15, 0.2) is 30.3 Å². The monoisotopic (exact) mass is 278 g/mol. The lowest BCUT2D eigenvalue weighted by Crippen LogP contribution is -2.44. The topological polar surface area (TPSA) is 78.4 Å². The van der Waals surface area contributed by atoms with Crippen LogP contribution in [0.25, 0.3) is 0 Å². The first-order valence-corrected chi connectivity index (χ1v) is 6.76. The van der Waals surface area contributed by atoms with Gasteiger partial charge in [0, 0.05) is 5.56 Å². The van der Waals surface area contributed by atoms with E-state index in [2.05, 4.69) is 10.6 Å². The Labute approximate surface area is 119 Å². The van der Waals surface area contributed by atoms with Crippen LogP contribution < -0.4 is 10.6 Å². The third-order valence-electron chi connectivity index (χ3n) is 2.79. The zero-order valence-electron chi connectivity index (χ0n) is 11.9. The minimum absolute atomic E-state index is 0.0949. The fourth-order valence-corrected chi connectivity index (χ4v) is 1.88. The van der Waals surface area contributed by atoms with E-state index >= 15 is 0 Å². The first-order chi connectivity index (χ1) is 9.52. The van der Waals surface area contributed by atoms with Crippen molar-refractivity contribution in [2.24, 2.45) is 5.92 Å². The molecule has 0 fully saturated rings. The van der Waals surface area contributed by atoms with E-state index in [1.165, 1.54) is 0 Å². The van der Waals surface area contributed by atoms with Crippen LogP contribution in [-0.4, -0.2) is 36.1 Å². The first-order valence-electron chi connectivity index (χ1n) is 6.76. The van der Waals surface area contributed by atoms with Gasteiger partial charge in [-0.3, -0.25) is 9.59 Å². The van der Waals surface area contributed by atoms with Gasteiger partial charge in [0.15, 0.2) is 0 Å². The molecule has 0 bridgehead atoms. The summed E-state index contributed by atoms with van der Waals surface area (Å²) in [6.45, 7) is 3.84. The first kappa shape index (κ1) is 16.2. The van der Waals surface area contributed by atoms with Gasteiger partial charge in [-0.1, -0.05) is 32.0 Å². The van der Waals surface area contributed by atoms with Crippen molar-refractivity contribution in [1.29, 1.82) is 0 Å². The molecule has 5 heteroatoms. The van der Waals surface area contributed by atoms with Crippen LogP contribution in [0.4, 0.5) is 0 Å². The number of aliphatic hydroxyl groups is 1. The summed E-state index contributed by atoms with van der Waals surface area (Å²) in [6.07, 6.45) is 0.703. The van der Waals surface area contributed by atoms with Crippen molar-refractivity contribution in [3.8, 4) is 0 Å². The summed E-state index contributed by atoms with van der Waals surface area (Å²) in [5, 5.41) is 14.4. The molecule has 20 heavy (non-hydrogen) atoms. The molecule has 1 aromatic carbocycles. The highest BCUT2D eigenvalue weighted by Crippen LogP contribution is 2.03. The van der Waals surface area contributed by atoms with Gasteiger partial charge >= 0.3 is 0 Å². The van der Waals surface area contributed by atoms with Gasteiger partial charge in [0.1, 0.15) is 0 Å². The maximum atomic E-state index is 11.7. The highest BCUT2D eigenvalue weighted by molar-refractivity contribution is 5.96. The summed E-state index contributed by atoms with van der Waals surface area (Å²) >= 11 is 0. The van der Waals surface area contributed by atoms with Gasteiger partial charge in [-0.05, 0) is 24.5 Å². The minimum Gasteiger partial charge on any atom is -0.394 e. The Hall–Kier alpha value is -1.88. The largest absolute Gasteiger partial charge is 0.394 e. The molecular weight excluding hydrogens is 256 g/mol. The second kappa shape index (κ2) is 8.32. The Morgan fingerprint density at radius 3 is 2.40 bits per heavy atom. The Morgan fingerprint density at radius 2 is 1.85 bits per heavy atom. The number of carbonyl (C=O) groups is 2. The predicted octanol–water partition coefficient (Wildman–Crippen LogP) is 0.940. The number of rotatable bonds is 7. The molecule has 5 nitrogen and oxygen atoms in total. The van der Waals surface area contributed by atoms with E-state index in [0.29, 0.717) is 17.9 Å². The van der Waals surface area contributed by atoms with Gasteiger partial charge in [-0.2, -0.15) is 0 Å². The summed E-state index contributed by atoms with van der Waals surface area (Å²) in [5.41, 5.74) is 0.515. The molecule has 0 aliphatic carbocycles. The van der Waals surface area contributed by atoms with Crippen LogP contribution in [0.1, 0.15) is 30.6 Å². The average molecular weight is 278 g/mol. The summed E-state index contributed by atoms with van der Waals surface area (Å²) < 4.78 is 0. The molecular formula is C15H22N2O3. The van der Waals surface area contributed by atoms with E-state index in [1.54, 1.807) is 24.3 Å². The summed E-state index contributed by atoms with van der Waals surface area (Å²) in [6, 6.07) is 8.45. The van der Waals surface area contributed by atoms with Crippen LogP contribution in [0.2, 0.25) is 0 Å². The minimum atomic E-state index is -0.297. The lowest BCUT2D eigenvalue weighted by molar-refractivity contribution is -0.121. The van der Waals surface area contributed by atoms with E-state index < -0.39 is 0 Å². The van der Waals surface area contributed by atoms with Gasteiger partial charge in [0.05, 0.1) is 19.2 Å². The van der Waals surface area contributed by atoms with Crippen LogP contribution in [-0.2, 0) is 4.79 Å². The van der Waals surface area contributed by atoms with E-state index in [-0.39, 0.29) is 31.0 Å². The maximum absolute atomic E-state index is 11.7. The van der Waals surface area contributed by atoms with Crippen LogP contribution in [0, 0.1) is 5.92 Å². The molecule has 0 saturated carbocycles. The van der Waals surface area contributed by atoms with Crippen molar-refractivity contribution >= 4 is 11.8 Å². The Morgan fingerprint density at radius 1 is 1.20 bits per heavy atom. The molecule has 110 valence electrons. The van der Waals surface area contributed by atoms with Crippen molar-refractivity contribution < 1.29 is 14.7 Å². The molecule has 3 N–H and O–H groups in total. The Kier molecular flexibility index (Phi) is 6.73. The molecule has 1 aromatic rings. The third-order valence-corrected chi connectivity index (χ3v) is 2.79. The Bertz CT molecular complexity index is 432. The zero-order chi connectivity index (χ0) is 15.0. The fraction of sp³-hybridized carbons (Fsp3) is 0.467. The second-order valence-corrected chi connectivity index (χ2v) is 5.13. The molecule has 1 atom stereocenters. The molecule has 0 heterocycles. The quantitative estimate of drug-likeness (QED) is 0.694. The second-order valence-electron chi connectivity index (χ2n) is 5.13. The molecule has 0 aromatic heterocycles. The summed E-state index contributed by atoms with van der Waals surface area (Å²) in [7, 11) is 0. The van der Waals surface area contributed by atoms with Gasteiger partial charge < -0.3 is 15.7 Å². The van der Waals surface area contributed by atoms with Crippen LogP contribution in [0.5, 0.6) is 0 Å². The van der Waals surface area contributed by atoms with Gasteiger partial charge in [0.25, 0.3) is 5.91 Å². The summed E-state index contributed by atoms with van der Waals surface area (Å²) in [5.74, 6) is -0.203. The highest BCUT2D eigenvalue weighted by atomic mass is 16.3. The fourth-order valence-electron chi connectivity index (χ4n) is 1.88. The molecule has 0 saturated heterocycles. The van der Waals surface area contributed by atoms with Gasteiger partial charge in [-0.15, -0.1) is 0 Å². The molecule has 1 unspecified atom stereocenters. The zero-order valence-corrected chi connectivity index (χ0v) is 11.9. The Balaban J connectivity index is 2.37. The number of hydrogen-bond acceptors (Lipinski definition) is 3. The predicted molar refractivity (Wildman–Crippen MR) is 77.2 cm³/mol. The number of amides is 2. The van der Waals surface area contributed by atoms with E-state index in [9.17, 15) is 14.7 Å². The number of carbonyl (C=O) groups excluding carboxylic acids is 2. The van der Waals surface area contributed by atoms with E-state index in [0.717, 1.165) is 0 Å². The van der Waals surface area contributed by atoms with Crippen molar-refractivity contribution in [2.45, 2.75) is 26.3 Å². The molecule has 0 spiro atoms. The third kappa shape index (κ3) is 5.84. The van der Waals surface area contributed by atoms with E-state index in [1.807, 2.05) is 19.9 Å². The molecule has 2 amide bonds. The van der Waals surface area contributed by atoms with Crippen LogP contribution in [0.3, 0.4) is 0 Å². The maximum Gasteiger partial charge on any atom is 0.251 e. The molecule has 0 radical (unpaired) electrons. The molecule has 0 aliphatic rings. The lowest BCUT2D eigenvalue weighted by atomic mass is 10.0. The van der Waals surface area contributed by atoms with Crippen LogP contribution >= 0.6 is 0 Å². The SMILES string of the molecule is CC(C)CC(CO)NC(=O)CNC(=O)c1ccccc1. The molecule has 0 aliphatic heterocycles. The van der Waals surface area contributed by atoms with Crippen molar-refractivity contribution in [2.75, 3.05) is 13.2 Å². The number of benzene rings is 1. The van der Waals surface area contributed by atoms with Crippen molar-refractivity contribution in [3.63, 3.8) is 0 Å².